The van der Waals surface area contributed by atoms with E-state index in [2.05, 4.69) is 16.5 Å². The molecule has 0 aliphatic heterocycles. The lowest BCUT2D eigenvalue weighted by molar-refractivity contribution is 0.672. The zero-order chi connectivity index (χ0) is 15.5. The minimum absolute atomic E-state index is 0.0925. The van der Waals surface area contributed by atoms with Crippen LogP contribution in [0.25, 0.3) is 10.2 Å². The Balaban J connectivity index is 2.12. The summed E-state index contributed by atoms with van der Waals surface area (Å²) in [5, 5.41) is 12.5. The molecule has 3 aromatic rings. The molecule has 0 bridgehead atoms. The molecule has 0 amide bonds. The van der Waals surface area contributed by atoms with Gasteiger partial charge >= 0.3 is 0 Å². The standard InChI is InChI=1S/C15H10N4OS2/c1-2-7-19-14(20)11-6-8-21-13(11)18-15(19)22-12-5-3-4-10(9-16)17-12/h2-6,8H,1,7H2. The normalized spacial score (nSPS) is 10.5. The quantitative estimate of drug-likeness (QED) is 0.544. The molecule has 108 valence electrons. The number of aromatic nitrogens is 3. The van der Waals surface area contributed by atoms with Gasteiger partial charge in [-0.25, -0.2) is 9.97 Å². The number of hydrogen-bond acceptors (Lipinski definition) is 6. The molecule has 0 aliphatic carbocycles. The minimum Gasteiger partial charge on any atom is -0.283 e. The highest BCUT2D eigenvalue weighted by Crippen LogP contribution is 2.26. The molecule has 0 aromatic carbocycles. The molecular formula is C15H10N4OS2. The van der Waals surface area contributed by atoms with E-state index in [1.165, 1.54) is 23.1 Å². The third-order valence-electron chi connectivity index (χ3n) is 2.89. The Hall–Kier alpha value is -2.43. The van der Waals surface area contributed by atoms with Gasteiger partial charge in [-0.05, 0) is 35.3 Å². The van der Waals surface area contributed by atoms with Crippen molar-refractivity contribution in [3.8, 4) is 6.07 Å². The molecule has 5 nitrogen and oxygen atoms in total. The van der Waals surface area contributed by atoms with Crippen molar-refractivity contribution in [3.05, 3.63) is 58.3 Å². The molecule has 0 saturated heterocycles. The number of rotatable bonds is 4. The molecule has 0 unspecified atom stereocenters. The van der Waals surface area contributed by atoms with Crippen molar-refractivity contribution in [3.63, 3.8) is 0 Å². The molecule has 0 atom stereocenters. The van der Waals surface area contributed by atoms with Gasteiger partial charge < -0.3 is 0 Å². The van der Waals surface area contributed by atoms with E-state index >= 15 is 0 Å². The van der Waals surface area contributed by atoms with Crippen LogP contribution < -0.4 is 5.56 Å². The van der Waals surface area contributed by atoms with Gasteiger partial charge in [0, 0.05) is 6.54 Å². The van der Waals surface area contributed by atoms with E-state index < -0.39 is 0 Å². The van der Waals surface area contributed by atoms with E-state index in [0.717, 1.165) is 0 Å². The summed E-state index contributed by atoms with van der Waals surface area (Å²) in [4.78, 5) is 22.0. The van der Waals surface area contributed by atoms with Gasteiger partial charge in [-0.2, -0.15) is 5.26 Å². The number of hydrogen-bond donors (Lipinski definition) is 0. The second kappa shape index (κ2) is 6.13. The van der Waals surface area contributed by atoms with E-state index in [9.17, 15) is 4.79 Å². The number of nitriles is 1. The van der Waals surface area contributed by atoms with Crippen LogP contribution in [0.3, 0.4) is 0 Å². The first kappa shape index (κ1) is 14.5. The second-order valence-electron chi connectivity index (χ2n) is 4.31. The highest BCUT2D eigenvalue weighted by Gasteiger charge is 2.13. The Morgan fingerprint density at radius 2 is 2.27 bits per heavy atom. The van der Waals surface area contributed by atoms with Crippen LogP contribution in [-0.2, 0) is 6.54 Å². The number of fused-ring (bicyclic) bond motifs is 1. The molecule has 7 heteroatoms. The van der Waals surface area contributed by atoms with Crippen molar-refractivity contribution >= 4 is 33.3 Å². The van der Waals surface area contributed by atoms with Crippen molar-refractivity contribution in [1.82, 2.24) is 14.5 Å². The smallest absolute Gasteiger partial charge is 0.263 e. The van der Waals surface area contributed by atoms with Crippen molar-refractivity contribution in [2.24, 2.45) is 0 Å². The molecule has 22 heavy (non-hydrogen) atoms. The van der Waals surface area contributed by atoms with Crippen molar-refractivity contribution in [2.45, 2.75) is 16.7 Å². The molecule has 3 aromatic heterocycles. The molecular weight excluding hydrogens is 316 g/mol. The third kappa shape index (κ3) is 2.66. The van der Waals surface area contributed by atoms with Crippen LogP contribution in [0.5, 0.6) is 0 Å². The zero-order valence-corrected chi connectivity index (χ0v) is 13.0. The summed E-state index contributed by atoms with van der Waals surface area (Å²) in [5.41, 5.74) is 0.241. The van der Waals surface area contributed by atoms with E-state index in [-0.39, 0.29) is 5.56 Å². The first-order valence-electron chi connectivity index (χ1n) is 6.37. The molecule has 3 rings (SSSR count). The Kier molecular flexibility index (Phi) is 4.04. The highest BCUT2D eigenvalue weighted by atomic mass is 32.2. The molecule has 0 N–H and O–H groups in total. The number of pyridine rings is 1. The lowest BCUT2D eigenvalue weighted by atomic mass is 10.4. The number of thiophene rings is 1. The topological polar surface area (TPSA) is 71.6 Å². The van der Waals surface area contributed by atoms with Gasteiger partial charge in [-0.3, -0.25) is 9.36 Å². The average Bonchev–Trinajstić information content (AvgIpc) is 3.00. The van der Waals surface area contributed by atoms with Gasteiger partial charge in [0.2, 0.25) is 0 Å². The number of nitrogens with zero attached hydrogens (tertiary/aromatic N) is 4. The van der Waals surface area contributed by atoms with Crippen LogP contribution in [0, 0.1) is 11.3 Å². The second-order valence-corrected chi connectivity index (χ2v) is 6.20. The van der Waals surface area contributed by atoms with E-state index in [4.69, 9.17) is 5.26 Å². The maximum Gasteiger partial charge on any atom is 0.263 e. The van der Waals surface area contributed by atoms with Crippen LogP contribution in [0.2, 0.25) is 0 Å². The third-order valence-corrected chi connectivity index (χ3v) is 4.63. The lowest BCUT2D eigenvalue weighted by Gasteiger charge is -2.09. The van der Waals surface area contributed by atoms with E-state index in [1.54, 1.807) is 34.9 Å². The fourth-order valence-electron chi connectivity index (χ4n) is 1.93. The predicted octanol–water partition coefficient (Wildman–Crippen LogP) is 3.06. The Labute approximate surface area is 134 Å². The Bertz CT molecular complexity index is 952. The van der Waals surface area contributed by atoms with Crippen LogP contribution in [-0.4, -0.2) is 14.5 Å². The summed E-state index contributed by atoms with van der Waals surface area (Å²) in [6.45, 7) is 4.06. The van der Waals surface area contributed by atoms with E-state index in [1.807, 2.05) is 11.4 Å². The highest BCUT2D eigenvalue weighted by molar-refractivity contribution is 7.99. The van der Waals surface area contributed by atoms with Crippen LogP contribution in [0.4, 0.5) is 0 Å². The van der Waals surface area contributed by atoms with Gasteiger partial charge in [-0.1, -0.05) is 12.1 Å². The van der Waals surface area contributed by atoms with Gasteiger partial charge in [0.05, 0.1) is 5.39 Å². The zero-order valence-electron chi connectivity index (χ0n) is 11.4. The first-order valence-corrected chi connectivity index (χ1v) is 8.06. The average molecular weight is 326 g/mol. The fraction of sp³-hybridized carbons (Fsp3) is 0.0667. The monoisotopic (exact) mass is 326 g/mol. The van der Waals surface area contributed by atoms with E-state index in [0.29, 0.717) is 32.6 Å². The summed E-state index contributed by atoms with van der Waals surface area (Å²) >= 11 is 2.69. The summed E-state index contributed by atoms with van der Waals surface area (Å²) in [6, 6.07) is 8.96. The van der Waals surface area contributed by atoms with Gasteiger partial charge in [-0.15, -0.1) is 17.9 Å². The van der Waals surface area contributed by atoms with Crippen LogP contribution in [0.1, 0.15) is 5.69 Å². The predicted molar refractivity (Wildman–Crippen MR) is 87.2 cm³/mol. The van der Waals surface area contributed by atoms with Crippen molar-refractivity contribution in [2.75, 3.05) is 0 Å². The molecule has 0 spiro atoms. The van der Waals surface area contributed by atoms with Crippen LogP contribution in [0.15, 0.2) is 57.3 Å². The molecule has 0 radical (unpaired) electrons. The maximum atomic E-state index is 12.5. The Morgan fingerprint density at radius 3 is 3.05 bits per heavy atom. The largest absolute Gasteiger partial charge is 0.283 e. The molecule has 0 saturated carbocycles. The van der Waals surface area contributed by atoms with Gasteiger partial charge in [0.1, 0.15) is 21.6 Å². The van der Waals surface area contributed by atoms with Crippen LogP contribution >= 0.6 is 23.1 Å². The molecule has 0 aliphatic rings. The maximum absolute atomic E-state index is 12.5. The Morgan fingerprint density at radius 1 is 1.41 bits per heavy atom. The van der Waals surface area contributed by atoms with Gasteiger partial charge in [0.15, 0.2) is 5.16 Å². The van der Waals surface area contributed by atoms with Crippen molar-refractivity contribution in [1.29, 1.82) is 5.26 Å². The molecule has 3 heterocycles. The van der Waals surface area contributed by atoms with Gasteiger partial charge in [0.25, 0.3) is 5.56 Å². The minimum atomic E-state index is -0.0925. The summed E-state index contributed by atoms with van der Waals surface area (Å²) in [5.74, 6) is 0. The summed E-state index contributed by atoms with van der Waals surface area (Å²) in [6.07, 6.45) is 1.66. The lowest BCUT2D eigenvalue weighted by Crippen LogP contribution is -2.22. The first-order chi connectivity index (χ1) is 10.7. The fourth-order valence-corrected chi connectivity index (χ4v) is 3.62. The van der Waals surface area contributed by atoms with Crippen molar-refractivity contribution < 1.29 is 0 Å². The summed E-state index contributed by atoms with van der Waals surface area (Å²) < 4.78 is 1.56. The SMILES string of the molecule is C=CCn1c(Sc2cccc(C#N)n2)nc2sccc2c1=O. The summed E-state index contributed by atoms with van der Waals surface area (Å²) in [7, 11) is 0. The molecule has 0 fully saturated rings. The number of allylic oxidation sites excluding steroid dienone is 1.